The van der Waals surface area contributed by atoms with Crippen molar-refractivity contribution in [3.8, 4) is 0 Å². The maximum absolute atomic E-state index is 12.0. The van der Waals surface area contributed by atoms with Gasteiger partial charge >= 0.3 is 0 Å². The van der Waals surface area contributed by atoms with Gasteiger partial charge in [0.15, 0.2) is 16.5 Å². The molecule has 0 bridgehead atoms. The van der Waals surface area contributed by atoms with E-state index in [0.29, 0.717) is 22.5 Å². The van der Waals surface area contributed by atoms with E-state index < -0.39 is 0 Å². The van der Waals surface area contributed by atoms with Crippen molar-refractivity contribution in [2.45, 2.75) is 18.9 Å². The highest BCUT2D eigenvalue weighted by Crippen LogP contribution is 2.22. The fourth-order valence-corrected chi connectivity index (χ4v) is 1.95. The zero-order valence-corrected chi connectivity index (χ0v) is 10.5. The monoisotopic (exact) mass is 265 g/mol. The third-order valence-corrected chi connectivity index (χ3v) is 3.04. The van der Waals surface area contributed by atoms with E-state index in [1.165, 1.54) is 10.7 Å². The van der Waals surface area contributed by atoms with Gasteiger partial charge in [-0.2, -0.15) is 5.10 Å². The van der Waals surface area contributed by atoms with Gasteiger partial charge in [-0.1, -0.05) is 11.6 Å². The summed E-state index contributed by atoms with van der Waals surface area (Å²) in [6.45, 7) is 0. The summed E-state index contributed by atoms with van der Waals surface area (Å²) in [5, 5.41) is 10.3. The van der Waals surface area contributed by atoms with Crippen LogP contribution >= 0.6 is 11.6 Å². The maximum atomic E-state index is 12.0. The fraction of sp³-hybridized carbons (Fsp3) is 0.364. The molecule has 2 heterocycles. The maximum Gasteiger partial charge on any atom is 0.271 e. The topological polar surface area (TPSA) is 71.3 Å². The average molecular weight is 266 g/mol. The number of hydrogen-bond donors (Lipinski definition) is 2. The van der Waals surface area contributed by atoms with E-state index in [9.17, 15) is 4.79 Å². The smallest absolute Gasteiger partial charge is 0.271 e. The molecule has 0 unspecified atom stereocenters. The average Bonchev–Trinajstić information content (AvgIpc) is 3.05. The summed E-state index contributed by atoms with van der Waals surface area (Å²) in [6, 6.07) is 1.97. The van der Waals surface area contributed by atoms with Gasteiger partial charge in [0.2, 0.25) is 0 Å². The molecule has 2 aromatic rings. The number of carbonyl (C=O) groups excluding carboxylic acids is 1. The number of nitrogens with one attached hydrogen (secondary N) is 2. The molecular formula is C11H12ClN5O. The van der Waals surface area contributed by atoms with E-state index in [1.807, 2.05) is 0 Å². The number of imidazole rings is 1. The normalized spacial score (nSPS) is 14.8. The lowest BCUT2D eigenvalue weighted by atomic mass is 10.4. The highest BCUT2D eigenvalue weighted by Gasteiger charge is 2.25. The predicted octanol–water partition coefficient (Wildman–Crippen LogP) is 1.32. The number of aromatic nitrogens is 3. The Hall–Kier alpha value is -1.82. The summed E-state index contributed by atoms with van der Waals surface area (Å²) >= 11 is 5.92. The largest absolute Gasteiger partial charge is 0.385 e. The Morgan fingerprint density at radius 3 is 3.00 bits per heavy atom. The van der Waals surface area contributed by atoms with Crippen LogP contribution in [0.2, 0.25) is 5.15 Å². The first-order valence-electron chi connectivity index (χ1n) is 5.72. The summed E-state index contributed by atoms with van der Waals surface area (Å²) < 4.78 is 1.46. The van der Waals surface area contributed by atoms with Gasteiger partial charge in [-0.15, -0.1) is 0 Å². The minimum atomic E-state index is -0.165. The highest BCUT2D eigenvalue weighted by molar-refractivity contribution is 6.29. The molecule has 0 saturated heterocycles. The lowest BCUT2D eigenvalue weighted by Crippen LogP contribution is -2.27. The van der Waals surface area contributed by atoms with Crippen LogP contribution in [0, 0.1) is 0 Å². The predicted molar refractivity (Wildman–Crippen MR) is 68.0 cm³/mol. The standard InChI is InChI=1S/C11H12ClN5O/c1-13-7-4-9(12)16-17-8(5-14-10(7)17)11(18)15-6-2-3-6/h4-6,13H,2-3H2,1H3,(H,15,18). The van der Waals surface area contributed by atoms with E-state index in [1.54, 1.807) is 13.1 Å². The fourth-order valence-electron chi connectivity index (χ4n) is 1.76. The van der Waals surface area contributed by atoms with Crippen LogP contribution in [0.15, 0.2) is 12.3 Å². The van der Waals surface area contributed by atoms with E-state index in [-0.39, 0.29) is 5.91 Å². The second-order valence-corrected chi connectivity index (χ2v) is 4.64. The van der Waals surface area contributed by atoms with Gasteiger partial charge in [0.25, 0.3) is 5.91 Å². The quantitative estimate of drug-likeness (QED) is 0.878. The van der Waals surface area contributed by atoms with Crippen molar-refractivity contribution >= 4 is 28.8 Å². The van der Waals surface area contributed by atoms with Crippen molar-refractivity contribution in [2.75, 3.05) is 12.4 Å². The number of hydrogen-bond acceptors (Lipinski definition) is 4. The SMILES string of the molecule is CNc1cc(Cl)nn2c(C(=O)NC3CC3)cnc12. The Morgan fingerprint density at radius 1 is 1.56 bits per heavy atom. The van der Waals surface area contributed by atoms with E-state index in [2.05, 4.69) is 20.7 Å². The van der Waals surface area contributed by atoms with Crippen molar-refractivity contribution in [1.29, 1.82) is 0 Å². The van der Waals surface area contributed by atoms with Gasteiger partial charge in [-0.25, -0.2) is 9.50 Å². The zero-order chi connectivity index (χ0) is 12.7. The molecule has 2 N–H and O–H groups in total. The van der Waals surface area contributed by atoms with E-state index in [4.69, 9.17) is 11.6 Å². The lowest BCUT2D eigenvalue weighted by molar-refractivity contribution is 0.0944. The highest BCUT2D eigenvalue weighted by atomic mass is 35.5. The Morgan fingerprint density at radius 2 is 2.33 bits per heavy atom. The molecule has 1 fully saturated rings. The van der Waals surface area contributed by atoms with Crippen LogP contribution in [0.5, 0.6) is 0 Å². The summed E-state index contributed by atoms with van der Waals surface area (Å²) in [6.07, 6.45) is 3.59. The summed E-state index contributed by atoms with van der Waals surface area (Å²) in [4.78, 5) is 16.2. The van der Waals surface area contributed by atoms with Crippen LogP contribution in [0.4, 0.5) is 5.69 Å². The lowest BCUT2D eigenvalue weighted by Gasteiger charge is -2.05. The molecule has 1 amide bonds. The molecule has 0 spiro atoms. The van der Waals surface area contributed by atoms with Crippen LogP contribution in [0.3, 0.4) is 0 Å². The molecule has 1 aliphatic rings. The first-order valence-corrected chi connectivity index (χ1v) is 6.09. The second-order valence-electron chi connectivity index (χ2n) is 4.26. The van der Waals surface area contributed by atoms with Crippen molar-refractivity contribution in [3.05, 3.63) is 23.1 Å². The van der Waals surface area contributed by atoms with Gasteiger partial charge in [-0.05, 0) is 12.8 Å². The first kappa shape index (κ1) is 11.3. The third kappa shape index (κ3) is 1.88. The first-order chi connectivity index (χ1) is 8.69. The van der Waals surface area contributed by atoms with Crippen LogP contribution in [-0.2, 0) is 0 Å². The Bertz CT molecular complexity index is 619. The molecule has 2 aromatic heterocycles. The van der Waals surface area contributed by atoms with Crippen LogP contribution in [-0.4, -0.2) is 33.6 Å². The summed E-state index contributed by atoms with van der Waals surface area (Å²) in [5.41, 5.74) is 1.72. The van der Waals surface area contributed by atoms with Gasteiger partial charge < -0.3 is 10.6 Å². The number of nitrogens with zero attached hydrogens (tertiary/aromatic N) is 3. The van der Waals surface area contributed by atoms with Crippen LogP contribution < -0.4 is 10.6 Å². The number of rotatable bonds is 3. The van der Waals surface area contributed by atoms with Gasteiger partial charge in [-0.3, -0.25) is 4.79 Å². The molecule has 0 aromatic carbocycles. The van der Waals surface area contributed by atoms with E-state index in [0.717, 1.165) is 18.5 Å². The van der Waals surface area contributed by atoms with Gasteiger partial charge in [0.1, 0.15) is 0 Å². The van der Waals surface area contributed by atoms with Gasteiger partial charge in [0, 0.05) is 19.2 Å². The molecule has 1 saturated carbocycles. The number of carbonyl (C=O) groups is 1. The number of halogens is 1. The Balaban J connectivity index is 2.06. The van der Waals surface area contributed by atoms with E-state index >= 15 is 0 Å². The molecule has 0 aliphatic heterocycles. The number of anilines is 1. The zero-order valence-electron chi connectivity index (χ0n) is 9.77. The summed E-state index contributed by atoms with van der Waals surface area (Å²) in [5.74, 6) is -0.165. The molecule has 7 heteroatoms. The molecule has 94 valence electrons. The molecule has 6 nitrogen and oxygen atoms in total. The second kappa shape index (κ2) is 4.13. The molecular weight excluding hydrogens is 254 g/mol. The van der Waals surface area contributed by atoms with Crippen LogP contribution in [0.25, 0.3) is 5.65 Å². The summed E-state index contributed by atoms with van der Waals surface area (Å²) in [7, 11) is 1.77. The molecule has 3 rings (SSSR count). The molecule has 1 aliphatic carbocycles. The Kier molecular flexibility index (Phi) is 2.59. The van der Waals surface area contributed by atoms with Crippen molar-refractivity contribution in [2.24, 2.45) is 0 Å². The van der Waals surface area contributed by atoms with Crippen molar-refractivity contribution in [3.63, 3.8) is 0 Å². The number of fused-ring (bicyclic) bond motifs is 1. The molecule has 0 radical (unpaired) electrons. The molecule has 18 heavy (non-hydrogen) atoms. The van der Waals surface area contributed by atoms with Crippen molar-refractivity contribution in [1.82, 2.24) is 19.9 Å². The Labute approximate surface area is 108 Å². The van der Waals surface area contributed by atoms with Crippen molar-refractivity contribution < 1.29 is 4.79 Å². The minimum absolute atomic E-state index is 0.165. The third-order valence-electron chi connectivity index (χ3n) is 2.85. The minimum Gasteiger partial charge on any atom is -0.385 e. The van der Waals surface area contributed by atoms with Gasteiger partial charge in [0.05, 0.1) is 11.9 Å². The molecule has 0 atom stereocenters. The number of amides is 1. The van der Waals surface area contributed by atoms with Crippen LogP contribution in [0.1, 0.15) is 23.3 Å².